The topological polar surface area (TPSA) is 75.5 Å². The largest absolute Gasteiger partial charge is 0.351 e. The summed E-state index contributed by atoms with van der Waals surface area (Å²) in [7, 11) is 0. The Morgan fingerprint density at radius 2 is 2.00 bits per heavy atom. The van der Waals surface area contributed by atoms with Gasteiger partial charge in [0.05, 0.1) is 4.92 Å². The molecule has 8 heteroatoms. The number of nitro groups is 1. The zero-order valence-electron chi connectivity index (χ0n) is 14.7. The number of non-ortho nitro benzene ring substituents is 1. The van der Waals surface area contributed by atoms with E-state index in [-0.39, 0.29) is 24.0 Å². The lowest BCUT2D eigenvalue weighted by Gasteiger charge is -2.38. The number of halogens is 1. The van der Waals surface area contributed by atoms with Gasteiger partial charge in [-0.05, 0) is 49.4 Å². The van der Waals surface area contributed by atoms with Gasteiger partial charge in [0, 0.05) is 47.7 Å². The molecule has 0 fully saturated rings. The molecule has 0 bridgehead atoms. The van der Waals surface area contributed by atoms with Gasteiger partial charge >= 0.3 is 0 Å². The van der Waals surface area contributed by atoms with Gasteiger partial charge in [0.1, 0.15) is 0 Å². The zero-order chi connectivity index (χ0) is 18.0. The maximum Gasteiger partial charge on any atom is 0.269 e. The molecule has 0 radical (unpaired) electrons. The summed E-state index contributed by atoms with van der Waals surface area (Å²) in [6, 6.07) is 8.67. The third kappa shape index (κ3) is 4.23. The van der Waals surface area contributed by atoms with Gasteiger partial charge in [0.25, 0.3) is 11.6 Å². The van der Waals surface area contributed by atoms with Gasteiger partial charge in [-0.3, -0.25) is 19.8 Å². The molecule has 2 unspecified atom stereocenters. The Hall–Kier alpha value is -1.96. The van der Waals surface area contributed by atoms with E-state index in [1.165, 1.54) is 34.7 Å². The van der Waals surface area contributed by atoms with Gasteiger partial charge in [0.15, 0.2) is 0 Å². The first-order chi connectivity index (χ1) is 12.0. The Morgan fingerprint density at radius 1 is 1.31 bits per heavy atom. The highest BCUT2D eigenvalue weighted by Gasteiger charge is 2.29. The van der Waals surface area contributed by atoms with E-state index < -0.39 is 4.92 Å². The van der Waals surface area contributed by atoms with E-state index in [0.717, 1.165) is 13.0 Å². The van der Waals surface area contributed by atoms with Crippen LogP contribution in [-0.4, -0.2) is 34.9 Å². The molecule has 26 heavy (non-hydrogen) atoms. The molecule has 140 valence electrons. The van der Waals surface area contributed by atoms with Gasteiger partial charge in [-0.2, -0.15) is 0 Å². The lowest BCUT2D eigenvalue weighted by molar-refractivity contribution is -0.384. The van der Waals surface area contributed by atoms with Crippen LogP contribution in [0.4, 0.5) is 5.69 Å². The highest BCUT2D eigenvalue weighted by Crippen LogP contribution is 2.35. The van der Waals surface area contributed by atoms with Crippen LogP contribution in [0, 0.1) is 10.1 Å². The lowest BCUT2D eigenvalue weighted by atomic mass is 9.97. The smallest absolute Gasteiger partial charge is 0.269 e. The van der Waals surface area contributed by atoms with Crippen LogP contribution < -0.4 is 5.32 Å². The first-order valence-corrected chi connectivity index (χ1v) is 9.20. The number of nitrogens with one attached hydrogen (secondary N) is 1. The second kappa shape index (κ2) is 8.62. The maximum atomic E-state index is 12.2. The molecular weight excluding hydrogens is 374 g/mol. The Morgan fingerprint density at radius 3 is 2.65 bits per heavy atom. The number of nitro benzene ring substituents is 1. The molecule has 2 aromatic rings. The van der Waals surface area contributed by atoms with Crippen LogP contribution in [0.1, 0.15) is 40.7 Å². The molecule has 0 saturated carbocycles. The Bertz CT molecular complexity index is 778. The number of nitrogens with zero attached hydrogens (tertiary/aromatic N) is 2. The Kier molecular flexibility index (Phi) is 6.75. The molecule has 0 spiro atoms. The average molecular weight is 396 g/mol. The van der Waals surface area contributed by atoms with Crippen molar-refractivity contribution < 1.29 is 9.72 Å². The molecule has 2 atom stereocenters. The summed E-state index contributed by atoms with van der Waals surface area (Å²) in [6.07, 6.45) is 1.04. The molecule has 1 aliphatic heterocycles. The highest BCUT2D eigenvalue weighted by molar-refractivity contribution is 7.10. The average Bonchev–Trinajstić information content (AvgIpc) is 3.06. The van der Waals surface area contributed by atoms with Crippen molar-refractivity contribution in [3.8, 4) is 0 Å². The van der Waals surface area contributed by atoms with Crippen LogP contribution in [0.2, 0.25) is 0 Å². The Labute approximate surface area is 162 Å². The molecular formula is C18H22ClN3O3S. The van der Waals surface area contributed by atoms with Crippen molar-refractivity contribution in [1.82, 2.24) is 10.2 Å². The minimum atomic E-state index is -0.473. The number of thiophene rings is 1. The van der Waals surface area contributed by atoms with Crippen LogP contribution in [0.15, 0.2) is 35.7 Å². The fraction of sp³-hybridized carbons (Fsp3) is 0.389. The van der Waals surface area contributed by atoms with Crippen molar-refractivity contribution >= 4 is 35.3 Å². The van der Waals surface area contributed by atoms with Crippen molar-refractivity contribution in [2.45, 2.75) is 32.4 Å². The van der Waals surface area contributed by atoms with E-state index in [0.29, 0.717) is 24.2 Å². The second-order valence-corrected chi connectivity index (χ2v) is 7.28. The van der Waals surface area contributed by atoms with Crippen molar-refractivity contribution in [2.75, 3.05) is 13.1 Å². The number of hydrogen-bond donors (Lipinski definition) is 1. The van der Waals surface area contributed by atoms with Crippen molar-refractivity contribution in [3.05, 3.63) is 61.8 Å². The molecule has 3 rings (SSSR count). The van der Waals surface area contributed by atoms with Gasteiger partial charge in [0.2, 0.25) is 0 Å². The fourth-order valence-electron chi connectivity index (χ4n) is 3.40. The van der Waals surface area contributed by atoms with Crippen molar-refractivity contribution in [2.24, 2.45) is 0 Å². The zero-order valence-corrected chi connectivity index (χ0v) is 16.3. The molecule has 0 saturated heterocycles. The fourth-order valence-corrected chi connectivity index (χ4v) is 4.41. The molecule has 1 N–H and O–H groups in total. The minimum absolute atomic E-state index is 0. The van der Waals surface area contributed by atoms with E-state index in [1.807, 2.05) is 0 Å². The van der Waals surface area contributed by atoms with E-state index >= 15 is 0 Å². The van der Waals surface area contributed by atoms with Crippen molar-refractivity contribution in [3.63, 3.8) is 0 Å². The third-order valence-electron chi connectivity index (χ3n) is 4.73. The van der Waals surface area contributed by atoms with Crippen molar-refractivity contribution in [1.29, 1.82) is 0 Å². The highest BCUT2D eigenvalue weighted by atomic mass is 35.5. The maximum absolute atomic E-state index is 12.2. The number of carbonyl (C=O) groups is 1. The molecule has 1 amide bonds. The number of amides is 1. The molecule has 1 aliphatic rings. The third-order valence-corrected chi connectivity index (χ3v) is 5.86. The predicted octanol–water partition coefficient (Wildman–Crippen LogP) is 3.82. The first-order valence-electron chi connectivity index (χ1n) is 8.32. The quantitative estimate of drug-likeness (QED) is 0.616. The van der Waals surface area contributed by atoms with E-state index in [4.69, 9.17) is 0 Å². The van der Waals surface area contributed by atoms with Crippen LogP contribution in [0.3, 0.4) is 0 Å². The van der Waals surface area contributed by atoms with Crippen LogP contribution in [-0.2, 0) is 6.42 Å². The van der Waals surface area contributed by atoms with Crippen LogP contribution >= 0.6 is 23.7 Å². The van der Waals surface area contributed by atoms with E-state index in [1.54, 1.807) is 11.3 Å². The monoisotopic (exact) mass is 395 g/mol. The molecule has 1 aromatic carbocycles. The summed E-state index contributed by atoms with van der Waals surface area (Å²) in [5.74, 6) is -0.205. The normalized spacial score (nSPS) is 19.3. The summed E-state index contributed by atoms with van der Waals surface area (Å²) in [5.41, 5.74) is 1.86. The van der Waals surface area contributed by atoms with Gasteiger partial charge < -0.3 is 5.32 Å². The number of rotatable bonds is 5. The predicted molar refractivity (Wildman–Crippen MR) is 105 cm³/mol. The van der Waals surface area contributed by atoms with Gasteiger partial charge in [-0.1, -0.05) is 0 Å². The number of hydrogen-bond acceptors (Lipinski definition) is 5. The molecule has 0 aliphatic carbocycles. The number of benzene rings is 1. The molecule has 1 aromatic heterocycles. The minimum Gasteiger partial charge on any atom is -0.351 e. The van der Waals surface area contributed by atoms with Crippen LogP contribution in [0.5, 0.6) is 0 Å². The summed E-state index contributed by atoms with van der Waals surface area (Å²) < 4.78 is 0. The Balaban J connectivity index is 0.00000243. The SMILES string of the molecule is CC1Cc2ccsc2C(C)N1CCNC(=O)c1ccc([N+](=O)[O-])cc1.Cl. The summed E-state index contributed by atoms with van der Waals surface area (Å²) in [6.45, 7) is 5.75. The number of carbonyl (C=O) groups excluding carboxylic acids is 1. The van der Waals surface area contributed by atoms with E-state index in [2.05, 4.69) is 35.5 Å². The first kappa shape index (κ1) is 20.4. The standard InChI is InChI=1S/C18H21N3O3S.ClH/c1-12-11-15-7-10-25-17(15)13(2)20(12)9-8-19-18(22)14-3-5-16(6-4-14)21(23)24;/h3-7,10,12-13H,8-9,11H2,1-2H3,(H,19,22);1H. The number of fused-ring (bicyclic) bond motifs is 1. The summed E-state index contributed by atoms with van der Waals surface area (Å²) in [4.78, 5) is 26.2. The summed E-state index contributed by atoms with van der Waals surface area (Å²) >= 11 is 1.80. The molecule has 2 heterocycles. The lowest BCUT2D eigenvalue weighted by Crippen LogP contribution is -2.44. The van der Waals surface area contributed by atoms with Gasteiger partial charge in [-0.15, -0.1) is 23.7 Å². The van der Waals surface area contributed by atoms with Gasteiger partial charge in [-0.25, -0.2) is 0 Å². The second-order valence-electron chi connectivity index (χ2n) is 6.34. The van der Waals surface area contributed by atoms with E-state index in [9.17, 15) is 14.9 Å². The molecule has 6 nitrogen and oxygen atoms in total. The van der Waals surface area contributed by atoms with Crippen LogP contribution in [0.25, 0.3) is 0 Å². The summed E-state index contributed by atoms with van der Waals surface area (Å²) in [5, 5.41) is 15.7.